The number of aliphatic hydroxyl groups excluding tert-OH is 2. The fourth-order valence-corrected chi connectivity index (χ4v) is 5.33. The summed E-state index contributed by atoms with van der Waals surface area (Å²) in [6, 6.07) is 0. The largest absolute Gasteiger partial charge is 0.396 e. The molecule has 0 aliphatic heterocycles. The Morgan fingerprint density at radius 2 is 2.11 bits per heavy atom. The third-order valence-corrected chi connectivity index (χ3v) is 7.04. The molecule has 3 rings (SSSR count). The van der Waals surface area contributed by atoms with Crippen LogP contribution in [0.5, 0.6) is 0 Å². The summed E-state index contributed by atoms with van der Waals surface area (Å²) in [4.78, 5) is 0. The normalized spacial score (nSPS) is 37.0. The van der Waals surface area contributed by atoms with E-state index in [1.807, 2.05) is 6.08 Å². The number of allylic oxidation sites excluding steroid dienone is 6. The van der Waals surface area contributed by atoms with Crippen LogP contribution in [-0.2, 0) is 0 Å². The molecule has 0 spiro atoms. The SMILES string of the molecule is C=C1/C(=C\C=C2/CCCC3(C)C(CCCCCO)=CCC23)CC(O)CC1F. The van der Waals surface area contributed by atoms with E-state index in [2.05, 4.69) is 25.7 Å². The first-order valence-electron chi connectivity index (χ1n) is 10.7. The number of unbranched alkanes of at least 4 members (excludes halogenated alkanes) is 2. The minimum absolute atomic E-state index is 0.178. The fraction of sp³-hybridized carbons (Fsp3) is 0.667. The molecule has 3 heteroatoms. The van der Waals surface area contributed by atoms with Crippen molar-refractivity contribution < 1.29 is 14.6 Å². The molecule has 4 unspecified atom stereocenters. The molecule has 3 aliphatic carbocycles. The Hall–Kier alpha value is -1.19. The molecule has 0 saturated heterocycles. The van der Waals surface area contributed by atoms with E-state index < -0.39 is 12.3 Å². The number of aliphatic hydroxyl groups is 2. The van der Waals surface area contributed by atoms with Crippen LogP contribution in [0.15, 0.2) is 47.1 Å². The number of fused-ring (bicyclic) bond motifs is 1. The molecule has 0 aromatic heterocycles. The predicted octanol–water partition coefficient (Wildman–Crippen LogP) is 5.58. The number of hydrogen-bond acceptors (Lipinski definition) is 2. The van der Waals surface area contributed by atoms with E-state index >= 15 is 0 Å². The highest BCUT2D eigenvalue weighted by atomic mass is 19.1. The zero-order chi connectivity index (χ0) is 19.4. The van der Waals surface area contributed by atoms with Gasteiger partial charge < -0.3 is 10.2 Å². The van der Waals surface area contributed by atoms with Gasteiger partial charge in [0, 0.05) is 13.0 Å². The second-order valence-electron chi connectivity index (χ2n) is 8.84. The van der Waals surface area contributed by atoms with E-state index in [4.69, 9.17) is 5.11 Å². The van der Waals surface area contributed by atoms with Gasteiger partial charge in [-0.25, -0.2) is 4.39 Å². The quantitative estimate of drug-likeness (QED) is 0.471. The second kappa shape index (κ2) is 8.87. The lowest BCUT2D eigenvalue weighted by Crippen LogP contribution is -2.30. The Morgan fingerprint density at radius 3 is 2.89 bits per heavy atom. The highest BCUT2D eigenvalue weighted by Crippen LogP contribution is 2.55. The molecule has 0 amide bonds. The van der Waals surface area contributed by atoms with Gasteiger partial charge in [0.2, 0.25) is 0 Å². The Kier molecular flexibility index (Phi) is 6.75. The van der Waals surface area contributed by atoms with Gasteiger partial charge in [-0.15, -0.1) is 0 Å². The zero-order valence-electron chi connectivity index (χ0n) is 16.7. The smallest absolute Gasteiger partial charge is 0.127 e. The molecule has 0 radical (unpaired) electrons. The number of rotatable bonds is 6. The Bertz CT molecular complexity index is 645. The Morgan fingerprint density at radius 1 is 1.30 bits per heavy atom. The molecule has 150 valence electrons. The van der Waals surface area contributed by atoms with Crippen molar-refractivity contribution in [1.82, 2.24) is 0 Å². The van der Waals surface area contributed by atoms with Gasteiger partial charge in [0.05, 0.1) is 6.10 Å². The average molecular weight is 375 g/mol. The summed E-state index contributed by atoms with van der Waals surface area (Å²) in [6.45, 7) is 6.62. The highest BCUT2D eigenvalue weighted by Gasteiger charge is 2.44. The second-order valence-corrected chi connectivity index (χ2v) is 8.84. The molecule has 0 heterocycles. The zero-order valence-corrected chi connectivity index (χ0v) is 16.7. The summed E-state index contributed by atoms with van der Waals surface area (Å²) in [5, 5.41) is 18.9. The predicted molar refractivity (Wildman–Crippen MR) is 109 cm³/mol. The summed E-state index contributed by atoms with van der Waals surface area (Å²) >= 11 is 0. The van der Waals surface area contributed by atoms with Crippen molar-refractivity contribution in [3.8, 4) is 0 Å². The van der Waals surface area contributed by atoms with Crippen LogP contribution >= 0.6 is 0 Å². The lowest BCUT2D eigenvalue weighted by Gasteiger charge is -2.41. The molecule has 0 bridgehead atoms. The van der Waals surface area contributed by atoms with Gasteiger partial charge in [-0.3, -0.25) is 0 Å². The number of alkyl halides is 1. The lowest BCUT2D eigenvalue weighted by molar-refractivity contribution is 0.124. The van der Waals surface area contributed by atoms with Crippen LogP contribution in [0.3, 0.4) is 0 Å². The van der Waals surface area contributed by atoms with E-state index in [-0.39, 0.29) is 11.8 Å². The van der Waals surface area contributed by atoms with E-state index in [0.29, 0.717) is 24.5 Å². The first-order chi connectivity index (χ1) is 13.0. The molecule has 2 nitrogen and oxygen atoms in total. The third-order valence-electron chi connectivity index (χ3n) is 7.04. The van der Waals surface area contributed by atoms with Crippen LogP contribution in [0.4, 0.5) is 4.39 Å². The van der Waals surface area contributed by atoms with Gasteiger partial charge in [0.15, 0.2) is 0 Å². The van der Waals surface area contributed by atoms with Crippen LogP contribution in [0, 0.1) is 11.3 Å². The van der Waals surface area contributed by atoms with Gasteiger partial charge in [-0.2, -0.15) is 0 Å². The molecule has 27 heavy (non-hydrogen) atoms. The van der Waals surface area contributed by atoms with Gasteiger partial charge in [-0.05, 0) is 73.8 Å². The van der Waals surface area contributed by atoms with Crippen LogP contribution in [0.25, 0.3) is 0 Å². The number of hydrogen-bond donors (Lipinski definition) is 2. The van der Waals surface area contributed by atoms with Crippen LogP contribution in [0.2, 0.25) is 0 Å². The molecule has 0 aromatic carbocycles. The summed E-state index contributed by atoms with van der Waals surface area (Å²) in [5.41, 5.74) is 4.75. The Labute approximate surface area is 163 Å². The maximum absolute atomic E-state index is 14.0. The van der Waals surface area contributed by atoms with Crippen molar-refractivity contribution in [2.24, 2.45) is 11.3 Å². The Balaban J connectivity index is 1.70. The molecule has 0 aromatic rings. The van der Waals surface area contributed by atoms with Crippen molar-refractivity contribution in [2.45, 2.75) is 83.4 Å². The monoisotopic (exact) mass is 374 g/mol. The molecule has 3 aliphatic rings. The van der Waals surface area contributed by atoms with Crippen molar-refractivity contribution in [2.75, 3.05) is 6.61 Å². The van der Waals surface area contributed by atoms with E-state index in [1.165, 1.54) is 18.4 Å². The maximum atomic E-state index is 14.0. The maximum Gasteiger partial charge on any atom is 0.127 e. The number of halogens is 1. The standard InChI is InChI=1S/C24H35FO2/c1-17-19(15-21(27)16-23(17)25)10-9-18-7-6-13-24(2)20(11-12-22(18)24)8-4-3-5-14-26/h9-11,21-23,26-27H,1,3-8,12-16H2,2H3/b18-9+,19-10-. The first kappa shape index (κ1) is 20.5. The molecule has 2 saturated carbocycles. The third kappa shape index (κ3) is 4.46. The topological polar surface area (TPSA) is 40.5 Å². The summed E-state index contributed by atoms with van der Waals surface area (Å²) in [5.74, 6) is 0.555. The van der Waals surface area contributed by atoms with Gasteiger partial charge in [0.25, 0.3) is 0 Å². The summed E-state index contributed by atoms with van der Waals surface area (Å²) in [6.07, 6.45) is 14.6. The highest BCUT2D eigenvalue weighted by molar-refractivity contribution is 5.40. The summed E-state index contributed by atoms with van der Waals surface area (Å²) < 4.78 is 14.0. The molecular weight excluding hydrogens is 339 g/mol. The van der Waals surface area contributed by atoms with E-state index in [9.17, 15) is 9.50 Å². The van der Waals surface area contributed by atoms with Crippen LogP contribution in [-0.4, -0.2) is 29.1 Å². The molecule has 2 fully saturated rings. The molecule has 2 N–H and O–H groups in total. The first-order valence-corrected chi connectivity index (χ1v) is 10.7. The van der Waals surface area contributed by atoms with Gasteiger partial charge in [-0.1, -0.05) is 49.3 Å². The van der Waals surface area contributed by atoms with E-state index in [0.717, 1.165) is 44.1 Å². The minimum atomic E-state index is -1.12. The molecular formula is C24H35FO2. The van der Waals surface area contributed by atoms with Crippen molar-refractivity contribution >= 4 is 0 Å². The van der Waals surface area contributed by atoms with Gasteiger partial charge in [0.1, 0.15) is 6.17 Å². The van der Waals surface area contributed by atoms with Crippen molar-refractivity contribution in [3.63, 3.8) is 0 Å². The van der Waals surface area contributed by atoms with Crippen LogP contribution < -0.4 is 0 Å². The lowest BCUT2D eigenvalue weighted by atomic mass is 9.63. The van der Waals surface area contributed by atoms with Crippen LogP contribution in [0.1, 0.15) is 71.1 Å². The van der Waals surface area contributed by atoms with Crippen molar-refractivity contribution in [1.29, 1.82) is 0 Å². The fourth-order valence-electron chi connectivity index (χ4n) is 5.33. The molecule has 4 atom stereocenters. The summed E-state index contributed by atoms with van der Waals surface area (Å²) in [7, 11) is 0. The van der Waals surface area contributed by atoms with E-state index in [1.54, 1.807) is 5.57 Å². The van der Waals surface area contributed by atoms with Crippen molar-refractivity contribution in [3.05, 3.63) is 47.1 Å². The van der Waals surface area contributed by atoms with Gasteiger partial charge >= 0.3 is 0 Å². The average Bonchev–Trinajstić information content (AvgIpc) is 2.97. The minimum Gasteiger partial charge on any atom is -0.396 e.